The number of benzene rings is 1. The van der Waals surface area contributed by atoms with Gasteiger partial charge in [-0.25, -0.2) is 9.97 Å². The largest absolute Gasteiger partial charge is 0.484 e. The lowest BCUT2D eigenvalue weighted by atomic mass is 9.96. The molecular weight excluding hydrogens is 394 g/mol. The Morgan fingerprint density at radius 3 is 2.71 bits per heavy atom. The van der Waals surface area contributed by atoms with Crippen molar-refractivity contribution < 1.29 is 14.3 Å². The summed E-state index contributed by atoms with van der Waals surface area (Å²) in [4.78, 5) is 37.8. The number of amides is 2. The minimum absolute atomic E-state index is 0.0162. The molecular formula is C23H29N5O3. The number of hydrogen-bond donors (Lipinski definition) is 1. The molecule has 0 unspecified atom stereocenters. The van der Waals surface area contributed by atoms with Crippen molar-refractivity contribution in [2.75, 3.05) is 38.6 Å². The van der Waals surface area contributed by atoms with E-state index >= 15 is 0 Å². The van der Waals surface area contributed by atoms with Crippen LogP contribution in [-0.4, -0.2) is 64.9 Å². The molecule has 8 heteroatoms. The number of para-hydroxylation sites is 1. The number of nitrogens with one attached hydrogen (secondary N) is 1. The highest BCUT2D eigenvalue weighted by molar-refractivity contribution is 5.78. The van der Waals surface area contributed by atoms with Crippen molar-refractivity contribution in [2.24, 2.45) is 0 Å². The van der Waals surface area contributed by atoms with E-state index in [1.165, 1.54) is 0 Å². The number of rotatable bonds is 5. The number of hydrogen-bond acceptors (Lipinski definition) is 6. The number of likely N-dealkylation sites (tertiary alicyclic amines) is 1. The van der Waals surface area contributed by atoms with Gasteiger partial charge in [-0.05, 0) is 25.0 Å². The number of ether oxygens (including phenoxy) is 1. The monoisotopic (exact) mass is 423 g/mol. The second kappa shape index (κ2) is 9.32. The van der Waals surface area contributed by atoms with E-state index in [0.29, 0.717) is 25.4 Å². The Morgan fingerprint density at radius 2 is 1.97 bits per heavy atom. The molecule has 1 aromatic carbocycles. The normalized spacial score (nSPS) is 18.3. The number of nitrogens with zero attached hydrogens (tertiary/aromatic N) is 4. The Labute approximate surface area is 182 Å². The van der Waals surface area contributed by atoms with Crippen molar-refractivity contribution >= 4 is 17.6 Å². The van der Waals surface area contributed by atoms with Crippen molar-refractivity contribution in [3.8, 4) is 5.75 Å². The Kier molecular flexibility index (Phi) is 6.34. The zero-order valence-electron chi connectivity index (χ0n) is 18.1. The molecule has 1 N–H and O–H groups in total. The number of fused-ring (bicyclic) bond motifs is 1. The fourth-order valence-corrected chi connectivity index (χ4v) is 4.26. The van der Waals surface area contributed by atoms with Crippen molar-refractivity contribution in [3.63, 3.8) is 0 Å². The lowest BCUT2D eigenvalue weighted by Crippen LogP contribution is -2.42. The zero-order chi connectivity index (χ0) is 21.8. The minimum atomic E-state index is -0.0162. The fraction of sp³-hybridized carbons (Fsp3) is 0.478. The summed E-state index contributed by atoms with van der Waals surface area (Å²) < 4.78 is 5.64. The zero-order valence-corrected chi connectivity index (χ0v) is 18.1. The third kappa shape index (κ3) is 4.78. The summed E-state index contributed by atoms with van der Waals surface area (Å²) in [5.74, 6) is 2.40. The summed E-state index contributed by atoms with van der Waals surface area (Å²) in [6.07, 6.45) is 2.58. The van der Waals surface area contributed by atoms with E-state index < -0.39 is 0 Å². The number of aromatic nitrogens is 2. The second-order valence-electron chi connectivity index (χ2n) is 8.08. The Morgan fingerprint density at radius 1 is 1.16 bits per heavy atom. The van der Waals surface area contributed by atoms with E-state index in [9.17, 15) is 9.59 Å². The van der Waals surface area contributed by atoms with Gasteiger partial charge in [-0.3, -0.25) is 9.59 Å². The van der Waals surface area contributed by atoms with Gasteiger partial charge in [0.2, 0.25) is 5.91 Å². The molecule has 0 saturated carbocycles. The number of carbonyl (C=O) groups excluding carboxylic acids is 2. The van der Waals surface area contributed by atoms with E-state index in [0.717, 1.165) is 48.7 Å². The van der Waals surface area contributed by atoms with Gasteiger partial charge in [-0.15, -0.1) is 0 Å². The predicted octanol–water partition coefficient (Wildman–Crippen LogP) is 2.21. The van der Waals surface area contributed by atoms with Gasteiger partial charge in [0.05, 0.1) is 12.2 Å². The van der Waals surface area contributed by atoms with Crippen molar-refractivity contribution in [3.05, 3.63) is 47.4 Å². The van der Waals surface area contributed by atoms with E-state index in [-0.39, 0.29) is 24.3 Å². The first kappa shape index (κ1) is 21.1. The van der Waals surface area contributed by atoms with Gasteiger partial charge in [0.1, 0.15) is 17.4 Å². The summed E-state index contributed by atoms with van der Waals surface area (Å²) in [6, 6.07) is 9.39. The average Bonchev–Trinajstić information content (AvgIpc) is 2.82. The molecule has 164 valence electrons. The summed E-state index contributed by atoms with van der Waals surface area (Å²) in [7, 11) is 1.84. The highest BCUT2D eigenvalue weighted by Crippen LogP contribution is 2.30. The number of piperidine rings is 1. The van der Waals surface area contributed by atoms with Gasteiger partial charge in [0.15, 0.2) is 6.61 Å². The van der Waals surface area contributed by atoms with Gasteiger partial charge in [-0.1, -0.05) is 18.2 Å². The van der Waals surface area contributed by atoms with Crippen LogP contribution in [0, 0.1) is 0 Å². The van der Waals surface area contributed by atoms with Gasteiger partial charge in [0, 0.05) is 51.5 Å². The molecule has 2 amide bonds. The smallest absolute Gasteiger partial charge is 0.260 e. The van der Waals surface area contributed by atoms with Gasteiger partial charge < -0.3 is 19.9 Å². The van der Waals surface area contributed by atoms with Crippen LogP contribution in [0.5, 0.6) is 5.75 Å². The lowest BCUT2D eigenvalue weighted by Gasteiger charge is -2.33. The fourth-order valence-electron chi connectivity index (χ4n) is 4.26. The van der Waals surface area contributed by atoms with E-state index in [2.05, 4.69) is 5.32 Å². The number of carbonyl (C=O) groups is 2. The van der Waals surface area contributed by atoms with E-state index in [1.807, 2.05) is 47.2 Å². The Balaban J connectivity index is 1.45. The summed E-state index contributed by atoms with van der Waals surface area (Å²) in [5, 5.41) is 3.18. The van der Waals surface area contributed by atoms with Crippen molar-refractivity contribution in [1.82, 2.24) is 19.8 Å². The predicted molar refractivity (Wildman–Crippen MR) is 117 cm³/mol. The van der Waals surface area contributed by atoms with Crippen molar-refractivity contribution in [2.45, 2.75) is 38.6 Å². The molecule has 0 spiro atoms. The highest BCUT2D eigenvalue weighted by atomic mass is 16.5. The molecule has 31 heavy (non-hydrogen) atoms. The van der Waals surface area contributed by atoms with Gasteiger partial charge >= 0.3 is 0 Å². The molecule has 0 radical (unpaired) electrons. The quantitative estimate of drug-likeness (QED) is 0.793. The first-order valence-electron chi connectivity index (χ1n) is 10.8. The van der Waals surface area contributed by atoms with Crippen LogP contribution >= 0.6 is 0 Å². The maximum Gasteiger partial charge on any atom is 0.260 e. The standard InChI is InChI=1S/C23H29N5O3/c1-16(29)27-12-10-20-19(14-27)23(24-2)26-22(25-20)17-7-6-11-28(13-17)21(30)15-31-18-8-4-3-5-9-18/h3-5,8-9,17H,6-7,10-15H2,1-2H3,(H,24,25,26)/t17-/m1/s1. The molecule has 3 heterocycles. The topological polar surface area (TPSA) is 87.7 Å². The third-order valence-electron chi connectivity index (χ3n) is 6.00. The molecule has 8 nitrogen and oxygen atoms in total. The Bertz CT molecular complexity index is 932. The summed E-state index contributed by atoms with van der Waals surface area (Å²) in [6.45, 7) is 4.16. The van der Waals surface area contributed by atoms with E-state index in [4.69, 9.17) is 14.7 Å². The molecule has 1 aromatic heterocycles. The first-order valence-corrected chi connectivity index (χ1v) is 10.8. The van der Waals surface area contributed by atoms with Crippen LogP contribution < -0.4 is 10.1 Å². The lowest BCUT2D eigenvalue weighted by molar-refractivity contribution is -0.134. The van der Waals surface area contributed by atoms with Crippen LogP contribution in [0.2, 0.25) is 0 Å². The maximum absolute atomic E-state index is 12.7. The third-order valence-corrected chi connectivity index (χ3v) is 6.00. The van der Waals surface area contributed by atoms with Crippen LogP contribution in [0.4, 0.5) is 5.82 Å². The van der Waals surface area contributed by atoms with Crippen LogP contribution in [0.1, 0.15) is 42.8 Å². The highest BCUT2D eigenvalue weighted by Gasteiger charge is 2.30. The SMILES string of the molecule is CNc1nc([C@@H]2CCCN(C(=O)COc3ccccc3)C2)nc2c1CN(C(C)=O)CC2. The molecule has 2 aliphatic heterocycles. The van der Waals surface area contributed by atoms with Gasteiger partial charge in [-0.2, -0.15) is 0 Å². The molecule has 1 atom stereocenters. The van der Waals surface area contributed by atoms with Crippen molar-refractivity contribution in [1.29, 1.82) is 0 Å². The first-order chi connectivity index (χ1) is 15.0. The van der Waals surface area contributed by atoms with Crippen LogP contribution in [0.15, 0.2) is 30.3 Å². The maximum atomic E-state index is 12.7. The minimum Gasteiger partial charge on any atom is -0.484 e. The van der Waals surface area contributed by atoms with Crippen LogP contribution in [-0.2, 0) is 22.6 Å². The molecule has 0 bridgehead atoms. The molecule has 1 saturated heterocycles. The van der Waals surface area contributed by atoms with Gasteiger partial charge in [0.25, 0.3) is 5.91 Å². The van der Waals surface area contributed by atoms with E-state index in [1.54, 1.807) is 6.92 Å². The molecule has 4 rings (SSSR count). The van der Waals surface area contributed by atoms with Crippen LogP contribution in [0.25, 0.3) is 0 Å². The second-order valence-corrected chi connectivity index (χ2v) is 8.08. The average molecular weight is 424 g/mol. The summed E-state index contributed by atoms with van der Waals surface area (Å²) >= 11 is 0. The van der Waals surface area contributed by atoms with Crippen LogP contribution in [0.3, 0.4) is 0 Å². The summed E-state index contributed by atoms with van der Waals surface area (Å²) in [5.41, 5.74) is 2.00. The molecule has 2 aromatic rings. The molecule has 0 aliphatic carbocycles. The molecule has 1 fully saturated rings. The number of anilines is 1. The molecule has 2 aliphatic rings. The Hall–Kier alpha value is -3.16.